The first-order valence-electron chi connectivity index (χ1n) is 6.66. The maximum absolute atomic E-state index is 12.9. The Balaban J connectivity index is 2.09. The van der Waals surface area contributed by atoms with E-state index in [0.29, 0.717) is 6.54 Å². The van der Waals surface area contributed by atoms with Gasteiger partial charge in [0, 0.05) is 6.54 Å². The lowest BCUT2D eigenvalue weighted by Gasteiger charge is -2.13. The van der Waals surface area contributed by atoms with E-state index in [2.05, 4.69) is 4.72 Å². The second kappa shape index (κ2) is 6.37. The largest absolute Gasteiger partial charge is 0.215 e. The van der Waals surface area contributed by atoms with Gasteiger partial charge in [-0.15, -0.1) is 0 Å². The molecule has 0 spiro atoms. The number of rotatable bonds is 5. The first kappa shape index (κ1) is 15.7. The highest BCUT2D eigenvalue weighted by molar-refractivity contribution is 7.88. The van der Waals surface area contributed by atoms with Crippen molar-refractivity contribution < 1.29 is 12.8 Å². The molecule has 0 aliphatic heterocycles. The van der Waals surface area contributed by atoms with Crippen molar-refractivity contribution in [3.8, 4) is 11.1 Å². The Hall–Kier alpha value is -1.72. The average molecular weight is 307 g/mol. The van der Waals surface area contributed by atoms with Gasteiger partial charge in [0.2, 0.25) is 10.0 Å². The summed E-state index contributed by atoms with van der Waals surface area (Å²) in [6.45, 7) is 2.33. The number of halogens is 1. The highest BCUT2D eigenvalue weighted by Crippen LogP contribution is 2.23. The summed E-state index contributed by atoms with van der Waals surface area (Å²) in [7, 11) is -3.17. The summed E-state index contributed by atoms with van der Waals surface area (Å²) in [5.41, 5.74) is 3.00. The summed E-state index contributed by atoms with van der Waals surface area (Å²) in [6, 6.07) is 14.2. The predicted molar refractivity (Wildman–Crippen MR) is 83.1 cm³/mol. The van der Waals surface area contributed by atoms with Crippen molar-refractivity contribution in [2.24, 2.45) is 0 Å². The molecule has 2 aromatic carbocycles. The third-order valence-electron chi connectivity index (χ3n) is 3.31. The predicted octanol–water partition coefficient (Wildman–Crippen LogP) is 3.15. The van der Waals surface area contributed by atoms with Gasteiger partial charge in [-0.1, -0.05) is 43.3 Å². The van der Waals surface area contributed by atoms with Gasteiger partial charge in [0.15, 0.2) is 0 Å². The molecule has 3 nitrogen and oxygen atoms in total. The molecule has 2 rings (SSSR count). The van der Waals surface area contributed by atoms with Crippen molar-refractivity contribution >= 4 is 10.0 Å². The monoisotopic (exact) mass is 307 g/mol. The number of hydrogen-bond donors (Lipinski definition) is 1. The lowest BCUT2D eigenvalue weighted by Crippen LogP contribution is -2.26. The molecule has 0 heterocycles. The zero-order valence-electron chi connectivity index (χ0n) is 12.0. The minimum atomic E-state index is -3.17. The normalized spacial score (nSPS) is 13.1. The van der Waals surface area contributed by atoms with Crippen LogP contribution >= 0.6 is 0 Å². The third-order valence-corrected chi connectivity index (χ3v) is 4.00. The third kappa shape index (κ3) is 4.65. The molecule has 0 aromatic heterocycles. The van der Waals surface area contributed by atoms with Gasteiger partial charge >= 0.3 is 0 Å². The summed E-state index contributed by atoms with van der Waals surface area (Å²) in [5, 5.41) is 0. The van der Waals surface area contributed by atoms with E-state index >= 15 is 0 Å². The van der Waals surface area contributed by atoms with Gasteiger partial charge in [0.1, 0.15) is 5.82 Å². The minimum Gasteiger partial charge on any atom is -0.215 e. The molecule has 0 radical (unpaired) electrons. The molecule has 1 N–H and O–H groups in total. The van der Waals surface area contributed by atoms with E-state index in [1.54, 1.807) is 12.1 Å². The van der Waals surface area contributed by atoms with Gasteiger partial charge in [-0.25, -0.2) is 17.5 Å². The molecular formula is C16H18FNO2S. The van der Waals surface area contributed by atoms with Crippen LogP contribution in [0.1, 0.15) is 18.4 Å². The smallest absolute Gasteiger partial charge is 0.208 e. The second-order valence-electron chi connectivity index (χ2n) is 5.15. The van der Waals surface area contributed by atoms with Crippen LogP contribution in [0.25, 0.3) is 11.1 Å². The molecule has 0 amide bonds. The fourth-order valence-corrected chi connectivity index (χ4v) is 2.59. The quantitative estimate of drug-likeness (QED) is 0.922. The van der Waals surface area contributed by atoms with Crippen LogP contribution in [0.3, 0.4) is 0 Å². The Morgan fingerprint density at radius 1 is 1.00 bits per heavy atom. The van der Waals surface area contributed by atoms with Crippen molar-refractivity contribution in [1.82, 2.24) is 4.72 Å². The fraction of sp³-hybridized carbons (Fsp3) is 0.250. The molecule has 1 unspecified atom stereocenters. The standard InChI is InChI=1S/C16H18FNO2S/c1-12(11-18-21(2,19)20)13-3-5-14(6-4-13)15-7-9-16(17)10-8-15/h3-10,12,18H,11H2,1-2H3. The highest BCUT2D eigenvalue weighted by Gasteiger charge is 2.09. The SMILES string of the molecule is CC(CNS(C)(=O)=O)c1ccc(-c2ccc(F)cc2)cc1. The average Bonchev–Trinajstić information content (AvgIpc) is 2.45. The van der Waals surface area contributed by atoms with E-state index in [0.717, 1.165) is 22.9 Å². The van der Waals surface area contributed by atoms with E-state index in [1.807, 2.05) is 31.2 Å². The van der Waals surface area contributed by atoms with Crippen LogP contribution in [0, 0.1) is 5.82 Å². The first-order valence-corrected chi connectivity index (χ1v) is 8.55. The first-order chi connectivity index (χ1) is 9.85. The second-order valence-corrected chi connectivity index (χ2v) is 6.98. The molecule has 0 saturated carbocycles. The van der Waals surface area contributed by atoms with E-state index in [1.165, 1.54) is 12.1 Å². The highest BCUT2D eigenvalue weighted by atomic mass is 32.2. The zero-order chi connectivity index (χ0) is 15.5. The van der Waals surface area contributed by atoms with E-state index in [4.69, 9.17) is 0 Å². The van der Waals surface area contributed by atoms with E-state index in [-0.39, 0.29) is 11.7 Å². The molecule has 112 valence electrons. The number of benzene rings is 2. The van der Waals surface area contributed by atoms with Crippen LogP contribution in [-0.4, -0.2) is 21.2 Å². The maximum atomic E-state index is 12.9. The molecule has 2 aromatic rings. The maximum Gasteiger partial charge on any atom is 0.208 e. The molecule has 1 atom stereocenters. The molecule has 5 heteroatoms. The van der Waals surface area contributed by atoms with Crippen LogP contribution in [-0.2, 0) is 10.0 Å². The van der Waals surface area contributed by atoms with Gasteiger partial charge in [-0.2, -0.15) is 0 Å². The van der Waals surface area contributed by atoms with Crippen LogP contribution in [0.15, 0.2) is 48.5 Å². The summed E-state index contributed by atoms with van der Waals surface area (Å²) in [5.74, 6) is -0.169. The Labute approximate surface area is 124 Å². The minimum absolute atomic E-state index is 0.0852. The van der Waals surface area contributed by atoms with Crippen molar-refractivity contribution in [2.75, 3.05) is 12.8 Å². The Morgan fingerprint density at radius 3 is 1.95 bits per heavy atom. The topological polar surface area (TPSA) is 46.2 Å². The Kier molecular flexibility index (Phi) is 4.75. The lowest BCUT2D eigenvalue weighted by atomic mass is 9.98. The van der Waals surface area contributed by atoms with Gasteiger partial charge in [0.05, 0.1) is 6.26 Å². The summed E-state index contributed by atoms with van der Waals surface area (Å²) >= 11 is 0. The van der Waals surface area contributed by atoms with Crippen LogP contribution in [0.4, 0.5) is 4.39 Å². The fourth-order valence-electron chi connectivity index (χ4n) is 2.04. The van der Waals surface area contributed by atoms with Crippen molar-refractivity contribution in [3.05, 3.63) is 59.9 Å². The number of sulfonamides is 1. The van der Waals surface area contributed by atoms with Gasteiger partial charge < -0.3 is 0 Å². The Bertz CT molecular complexity index is 694. The summed E-state index contributed by atoms with van der Waals surface area (Å²) in [6.07, 6.45) is 1.15. The lowest BCUT2D eigenvalue weighted by molar-refractivity contribution is 0.581. The molecular weight excluding hydrogens is 289 g/mol. The van der Waals surface area contributed by atoms with Gasteiger partial charge in [-0.05, 0) is 34.7 Å². The van der Waals surface area contributed by atoms with E-state index in [9.17, 15) is 12.8 Å². The molecule has 0 bridgehead atoms. The van der Waals surface area contributed by atoms with Gasteiger partial charge in [-0.3, -0.25) is 0 Å². The number of hydrogen-bond acceptors (Lipinski definition) is 2. The van der Waals surface area contributed by atoms with Crippen molar-refractivity contribution in [2.45, 2.75) is 12.8 Å². The van der Waals surface area contributed by atoms with Crippen LogP contribution in [0.5, 0.6) is 0 Å². The molecule has 0 fully saturated rings. The van der Waals surface area contributed by atoms with Gasteiger partial charge in [0.25, 0.3) is 0 Å². The van der Waals surface area contributed by atoms with Crippen LogP contribution < -0.4 is 4.72 Å². The molecule has 21 heavy (non-hydrogen) atoms. The molecule has 0 saturated heterocycles. The summed E-state index contributed by atoms with van der Waals surface area (Å²) < 4.78 is 37.6. The summed E-state index contributed by atoms with van der Waals surface area (Å²) in [4.78, 5) is 0. The van der Waals surface area contributed by atoms with Crippen molar-refractivity contribution in [1.29, 1.82) is 0 Å². The Morgan fingerprint density at radius 2 is 1.48 bits per heavy atom. The van der Waals surface area contributed by atoms with Crippen molar-refractivity contribution in [3.63, 3.8) is 0 Å². The molecule has 0 aliphatic rings. The number of nitrogens with one attached hydrogen (secondary N) is 1. The molecule has 0 aliphatic carbocycles. The zero-order valence-corrected chi connectivity index (χ0v) is 12.8. The van der Waals surface area contributed by atoms with Crippen LogP contribution in [0.2, 0.25) is 0 Å². The van der Waals surface area contributed by atoms with E-state index < -0.39 is 10.0 Å².